The zero-order valence-corrected chi connectivity index (χ0v) is 15.0. The Balaban J connectivity index is 2.06. The van der Waals surface area contributed by atoms with Gasteiger partial charge in [0.2, 0.25) is 0 Å². The third kappa shape index (κ3) is 3.50. The van der Waals surface area contributed by atoms with Crippen molar-refractivity contribution in [3.05, 3.63) is 41.9 Å². The van der Waals surface area contributed by atoms with Gasteiger partial charge in [0.25, 0.3) is 0 Å². The zero-order chi connectivity index (χ0) is 13.1. The molecule has 0 radical (unpaired) electrons. The van der Waals surface area contributed by atoms with Crippen LogP contribution in [0.25, 0.3) is 0 Å². The fourth-order valence-corrected chi connectivity index (χ4v) is 3.96. The first-order chi connectivity index (χ1) is 8.60. The summed E-state index contributed by atoms with van der Waals surface area (Å²) < 4.78 is 8.43. The van der Waals surface area contributed by atoms with Gasteiger partial charge in [-0.15, -0.1) is 11.3 Å². The van der Waals surface area contributed by atoms with Crippen molar-refractivity contribution in [2.45, 2.75) is 6.54 Å². The highest BCUT2D eigenvalue weighted by atomic mass is 79.9. The number of hydrogen-bond acceptors (Lipinski definition) is 3. The summed E-state index contributed by atoms with van der Waals surface area (Å²) in [4.78, 5) is 1.26. The Morgan fingerprint density at radius 1 is 1.17 bits per heavy atom. The van der Waals surface area contributed by atoms with E-state index in [-0.39, 0.29) is 0 Å². The maximum absolute atomic E-state index is 5.26. The topological polar surface area (TPSA) is 21.3 Å². The highest BCUT2D eigenvalue weighted by molar-refractivity contribution is 9.13. The Bertz CT molecular complexity index is 537. The standard InChI is InChI=1S/C12H10Br3NOS/c1-17-11-4-7(2-3-9(11)13)16-6-8-5-10(14)12(15)18-8/h2-5,16H,6H2,1H3. The van der Waals surface area contributed by atoms with Gasteiger partial charge in [-0.05, 0) is 66.0 Å². The molecule has 1 heterocycles. The summed E-state index contributed by atoms with van der Waals surface area (Å²) in [5.41, 5.74) is 1.04. The molecule has 0 unspecified atom stereocenters. The van der Waals surface area contributed by atoms with Crippen molar-refractivity contribution in [2.24, 2.45) is 0 Å². The normalized spacial score (nSPS) is 10.4. The number of thiophene rings is 1. The van der Waals surface area contributed by atoms with Gasteiger partial charge in [0.05, 0.1) is 15.4 Å². The van der Waals surface area contributed by atoms with Crippen LogP contribution in [-0.4, -0.2) is 7.11 Å². The number of methoxy groups -OCH3 is 1. The van der Waals surface area contributed by atoms with Crippen LogP contribution in [0.15, 0.2) is 37.0 Å². The van der Waals surface area contributed by atoms with Crippen LogP contribution in [0, 0.1) is 0 Å². The molecule has 0 saturated carbocycles. The van der Waals surface area contributed by atoms with E-state index in [1.165, 1.54) is 4.88 Å². The second-order valence-electron chi connectivity index (χ2n) is 3.54. The van der Waals surface area contributed by atoms with Crippen LogP contribution in [0.3, 0.4) is 0 Å². The first-order valence-corrected chi connectivity index (χ1v) is 8.31. The van der Waals surface area contributed by atoms with Crippen LogP contribution in [0.4, 0.5) is 5.69 Å². The summed E-state index contributed by atoms with van der Waals surface area (Å²) in [6, 6.07) is 8.07. The predicted molar refractivity (Wildman–Crippen MR) is 87.7 cm³/mol. The summed E-state index contributed by atoms with van der Waals surface area (Å²) in [7, 11) is 1.66. The van der Waals surface area contributed by atoms with E-state index in [1.807, 2.05) is 18.2 Å². The molecule has 0 saturated heterocycles. The van der Waals surface area contributed by atoms with Gasteiger partial charge in [-0.2, -0.15) is 0 Å². The summed E-state index contributed by atoms with van der Waals surface area (Å²) in [6.45, 7) is 0.791. The van der Waals surface area contributed by atoms with Crippen molar-refractivity contribution in [1.82, 2.24) is 0 Å². The largest absolute Gasteiger partial charge is 0.495 e. The average Bonchev–Trinajstić information content (AvgIpc) is 2.68. The molecule has 1 aromatic heterocycles. The molecule has 0 bridgehead atoms. The van der Waals surface area contributed by atoms with E-state index in [9.17, 15) is 0 Å². The molecule has 0 aliphatic heterocycles. The molecule has 0 amide bonds. The van der Waals surface area contributed by atoms with Crippen LogP contribution in [0.5, 0.6) is 5.75 Å². The van der Waals surface area contributed by atoms with Crippen molar-refractivity contribution in [3.63, 3.8) is 0 Å². The SMILES string of the molecule is COc1cc(NCc2cc(Br)c(Br)s2)ccc1Br. The number of anilines is 1. The van der Waals surface area contributed by atoms with Crippen molar-refractivity contribution >= 4 is 64.8 Å². The van der Waals surface area contributed by atoms with Crippen LogP contribution in [-0.2, 0) is 6.54 Å². The third-order valence-corrected chi connectivity index (χ3v) is 6.23. The first-order valence-electron chi connectivity index (χ1n) is 5.11. The fraction of sp³-hybridized carbons (Fsp3) is 0.167. The van der Waals surface area contributed by atoms with Crippen LogP contribution in [0.2, 0.25) is 0 Å². The summed E-state index contributed by atoms with van der Waals surface area (Å²) in [6.07, 6.45) is 0. The number of ether oxygens (including phenoxy) is 1. The van der Waals surface area contributed by atoms with Gasteiger partial charge in [-0.25, -0.2) is 0 Å². The Labute approximate surface area is 135 Å². The lowest BCUT2D eigenvalue weighted by molar-refractivity contribution is 0.412. The number of rotatable bonds is 4. The summed E-state index contributed by atoms with van der Waals surface area (Å²) >= 11 is 12.1. The molecule has 0 atom stereocenters. The molecule has 1 N–H and O–H groups in total. The Morgan fingerprint density at radius 2 is 1.94 bits per heavy atom. The maximum Gasteiger partial charge on any atom is 0.135 e. The Kier molecular flexibility index (Phi) is 5.12. The monoisotopic (exact) mass is 453 g/mol. The number of hydrogen-bond donors (Lipinski definition) is 1. The number of halogens is 3. The van der Waals surface area contributed by atoms with Crippen molar-refractivity contribution < 1.29 is 4.74 Å². The van der Waals surface area contributed by atoms with Crippen molar-refractivity contribution in [3.8, 4) is 5.75 Å². The Morgan fingerprint density at radius 3 is 2.56 bits per heavy atom. The minimum absolute atomic E-state index is 0.791. The van der Waals surface area contributed by atoms with Crippen LogP contribution < -0.4 is 10.1 Å². The predicted octanol–water partition coefficient (Wildman–Crippen LogP) is 5.66. The smallest absolute Gasteiger partial charge is 0.135 e. The first kappa shape index (κ1) is 14.4. The molecule has 18 heavy (non-hydrogen) atoms. The van der Waals surface area contributed by atoms with Gasteiger partial charge in [0, 0.05) is 27.6 Å². The molecule has 2 aromatic rings. The average molecular weight is 456 g/mol. The van der Waals surface area contributed by atoms with Crippen molar-refractivity contribution in [2.75, 3.05) is 12.4 Å². The molecule has 6 heteroatoms. The molecule has 0 fully saturated rings. The second-order valence-corrected chi connectivity index (χ2v) is 7.70. The molecule has 0 spiro atoms. The highest BCUT2D eigenvalue weighted by Gasteiger charge is 2.05. The lowest BCUT2D eigenvalue weighted by Gasteiger charge is -2.08. The molecule has 2 rings (SSSR count). The van der Waals surface area contributed by atoms with Gasteiger partial charge in [-0.1, -0.05) is 0 Å². The quantitative estimate of drug-likeness (QED) is 0.642. The van der Waals surface area contributed by atoms with Gasteiger partial charge >= 0.3 is 0 Å². The van der Waals surface area contributed by atoms with Crippen molar-refractivity contribution in [1.29, 1.82) is 0 Å². The zero-order valence-electron chi connectivity index (χ0n) is 9.47. The third-order valence-electron chi connectivity index (χ3n) is 2.31. The molecule has 96 valence electrons. The molecule has 1 aromatic carbocycles. The van der Waals surface area contributed by atoms with E-state index in [1.54, 1.807) is 18.4 Å². The minimum Gasteiger partial charge on any atom is -0.495 e. The van der Waals surface area contributed by atoms with E-state index in [2.05, 4.69) is 59.2 Å². The lowest BCUT2D eigenvalue weighted by atomic mass is 10.3. The van der Waals surface area contributed by atoms with Crippen LogP contribution in [0.1, 0.15) is 4.88 Å². The van der Waals surface area contributed by atoms with Gasteiger partial charge < -0.3 is 10.1 Å². The summed E-state index contributed by atoms with van der Waals surface area (Å²) in [5, 5.41) is 3.37. The Hall–Kier alpha value is -0.0400. The molecule has 2 nitrogen and oxygen atoms in total. The maximum atomic E-state index is 5.26. The minimum atomic E-state index is 0.791. The van der Waals surface area contributed by atoms with E-state index in [4.69, 9.17) is 4.74 Å². The van der Waals surface area contributed by atoms with Gasteiger partial charge in [0.15, 0.2) is 0 Å². The van der Waals surface area contributed by atoms with Gasteiger partial charge in [0.1, 0.15) is 5.75 Å². The molecule has 0 aliphatic carbocycles. The molecular formula is C12H10Br3NOS. The number of benzene rings is 1. The van der Waals surface area contributed by atoms with E-state index in [0.717, 1.165) is 30.7 Å². The van der Waals surface area contributed by atoms with E-state index >= 15 is 0 Å². The summed E-state index contributed by atoms with van der Waals surface area (Å²) in [5.74, 6) is 0.827. The van der Waals surface area contributed by atoms with E-state index in [0.29, 0.717) is 0 Å². The van der Waals surface area contributed by atoms with Crippen LogP contribution >= 0.6 is 59.1 Å². The lowest BCUT2D eigenvalue weighted by Crippen LogP contribution is -1.97. The fourth-order valence-electron chi connectivity index (χ4n) is 1.44. The van der Waals surface area contributed by atoms with Gasteiger partial charge in [-0.3, -0.25) is 0 Å². The molecule has 0 aliphatic rings. The highest BCUT2D eigenvalue weighted by Crippen LogP contribution is 2.33. The number of nitrogens with one attached hydrogen (secondary N) is 1. The molecular weight excluding hydrogens is 446 g/mol. The van der Waals surface area contributed by atoms with E-state index < -0.39 is 0 Å². The second kappa shape index (κ2) is 6.41.